The molecule has 2 rings (SSSR count). The number of halogens is 2. The summed E-state index contributed by atoms with van der Waals surface area (Å²) in [5.41, 5.74) is 0. The lowest BCUT2D eigenvalue weighted by Gasteiger charge is -2.08. The first kappa shape index (κ1) is 13.8. The van der Waals surface area contributed by atoms with Crippen LogP contribution in [0.15, 0.2) is 24.9 Å². The van der Waals surface area contributed by atoms with Gasteiger partial charge in [-0.3, -0.25) is 4.79 Å². The van der Waals surface area contributed by atoms with Crippen LogP contribution in [0.25, 0.3) is 0 Å². The van der Waals surface area contributed by atoms with E-state index in [1.807, 2.05) is 13.8 Å². The summed E-state index contributed by atoms with van der Waals surface area (Å²) in [5.74, 6) is 1.10. The standard InChI is InChI=1S/C11H10Br2N2O2S/c1-5-4-14-11(17-5)6(2)15-10(16)8-3-7(12)9(13)18-8/h3-4,6H,1-2H3,(H,15,16). The maximum Gasteiger partial charge on any atom is 0.262 e. The lowest BCUT2D eigenvalue weighted by molar-refractivity contribution is 0.0938. The van der Waals surface area contributed by atoms with Crippen LogP contribution in [-0.2, 0) is 0 Å². The largest absolute Gasteiger partial charge is 0.444 e. The van der Waals surface area contributed by atoms with E-state index in [1.165, 1.54) is 11.3 Å². The first-order chi connectivity index (χ1) is 8.47. The van der Waals surface area contributed by atoms with Gasteiger partial charge in [-0.05, 0) is 51.8 Å². The van der Waals surface area contributed by atoms with E-state index in [1.54, 1.807) is 12.3 Å². The third-order valence-electron chi connectivity index (χ3n) is 2.23. The molecular weight excluding hydrogens is 384 g/mol. The lowest BCUT2D eigenvalue weighted by Crippen LogP contribution is -2.26. The fourth-order valence-corrected chi connectivity index (χ4v) is 3.30. The van der Waals surface area contributed by atoms with E-state index in [-0.39, 0.29) is 11.9 Å². The molecule has 1 atom stereocenters. The fraction of sp³-hybridized carbons (Fsp3) is 0.273. The van der Waals surface area contributed by atoms with E-state index in [0.29, 0.717) is 10.8 Å². The van der Waals surface area contributed by atoms with Gasteiger partial charge in [0.05, 0.1) is 14.9 Å². The van der Waals surface area contributed by atoms with E-state index in [4.69, 9.17) is 4.42 Å². The van der Waals surface area contributed by atoms with Crippen molar-refractivity contribution >= 4 is 49.1 Å². The van der Waals surface area contributed by atoms with Gasteiger partial charge in [0.15, 0.2) is 0 Å². The molecule has 7 heteroatoms. The Hall–Kier alpha value is -0.660. The fourth-order valence-electron chi connectivity index (χ4n) is 1.36. The van der Waals surface area contributed by atoms with Gasteiger partial charge in [-0.2, -0.15) is 0 Å². The van der Waals surface area contributed by atoms with Crippen LogP contribution in [-0.4, -0.2) is 10.9 Å². The van der Waals surface area contributed by atoms with Crippen LogP contribution >= 0.6 is 43.2 Å². The second kappa shape index (κ2) is 5.54. The van der Waals surface area contributed by atoms with Crippen molar-refractivity contribution in [3.8, 4) is 0 Å². The van der Waals surface area contributed by atoms with E-state index in [9.17, 15) is 4.79 Å². The van der Waals surface area contributed by atoms with Gasteiger partial charge in [0, 0.05) is 4.47 Å². The predicted molar refractivity (Wildman–Crippen MR) is 76.8 cm³/mol. The van der Waals surface area contributed by atoms with Crippen LogP contribution in [0.5, 0.6) is 0 Å². The van der Waals surface area contributed by atoms with E-state index < -0.39 is 0 Å². The minimum absolute atomic E-state index is 0.144. The first-order valence-corrected chi connectivity index (χ1v) is 7.55. The zero-order chi connectivity index (χ0) is 13.3. The number of carbonyl (C=O) groups is 1. The number of hydrogen-bond acceptors (Lipinski definition) is 4. The average Bonchev–Trinajstić information content (AvgIpc) is 2.86. The Labute approximate surface area is 125 Å². The molecular formula is C11H10Br2N2O2S. The smallest absolute Gasteiger partial charge is 0.262 e. The summed E-state index contributed by atoms with van der Waals surface area (Å²) < 4.78 is 7.14. The van der Waals surface area contributed by atoms with E-state index in [2.05, 4.69) is 42.2 Å². The van der Waals surface area contributed by atoms with Gasteiger partial charge >= 0.3 is 0 Å². The molecule has 0 spiro atoms. The molecule has 0 saturated heterocycles. The van der Waals surface area contributed by atoms with Crippen LogP contribution in [0.4, 0.5) is 0 Å². The molecule has 2 heterocycles. The Morgan fingerprint density at radius 2 is 2.28 bits per heavy atom. The molecule has 0 saturated carbocycles. The number of thiophene rings is 1. The topological polar surface area (TPSA) is 55.1 Å². The van der Waals surface area contributed by atoms with Crippen LogP contribution in [0.2, 0.25) is 0 Å². The molecule has 0 aliphatic rings. The molecule has 0 fully saturated rings. The van der Waals surface area contributed by atoms with Crippen LogP contribution < -0.4 is 5.32 Å². The molecule has 0 radical (unpaired) electrons. The summed E-state index contributed by atoms with van der Waals surface area (Å²) in [6.07, 6.45) is 1.64. The number of nitrogens with zero attached hydrogens (tertiary/aromatic N) is 1. The monoisotopic (exact) mass is 392 g/mol. The normalized spacial score (nSPS) is 12.4. The number of rotatable bonds is 3. The number of amides is 1. The molecule has 1 N–H and O–H groups in total. The third-order valence-corrected chi connectivity index (χ3v) is 5.48. The zero-order valence-electron chi connectivity index (χ0n) is 9.66. The number of nitrogens with one attached hydrogen (secondary N) is 1. The maximum absolute atomic E-state index is 12.0. The van der Waals surface area contributed by atoms with E-state index >= 15 is 0 Å². The average molecular weight is 394 g/mol. The number of hydrogen-bond donors (Lipinski definition) is 1. The molecule has 1 unspecified atom stereocenters. The van der Waals surface area contributed by atoms with Gasteiger partial charge in [0.25, 0.3) is 5.91 Å². The predicted octanol–water partition coefficient (Wildman–Crippen LogP) is 4.06. The van der Waals surface area contributed by atoms with Crippen molar-refractivity contribution in [3.63, 3.8) is 0 Å². The van der Waals surface area contributed by atoms with Gasteiger partial charge in [-0.1, -0.05) is 0 Å². The lowest BCUT2D eigenvalue weighted by atomic mass is 10.3. The number of aryl methyl sites for hydroxylation is 1. The number of aromatic nitrogens is 1. The Balaban J connectivity index is 2.07. The van der Waals surface area contributed by atoms with Crippen molar-refractivity contribution in [1.82, 2.24) is 10.3 Å². The highest BCUT2D eigenvalue weighted by Crippen LogP contribution is 2.32. The number of oxazole rings is 1. The molecule has 0 aliphatic carbocycles. The van der Waals surface area contributed by atoms with Crippen LogP contribution in [0.1, 0.15) is 34.3 Å². The second-order valence-corrected chi connectivity index (χ2v) is 6.96. The molecule has 2 aromatic heterocycles. The van der Waals surface area contributed by atoms with Gasteiger partial charge < -0.3 is 9.73 Å². The number of carbonyl (C=O) groups excluding carboxylic acids is 1. The highest BCUT2D eigenvalue weighted by atomic mass is 79.9. The molecule has 0 bridgehead atoms. The third kappa shape index (κ3) is 3.02. The first-order valence-electron chi connectivity index (χ1n) is 5.15. The summed E-state index contributed by atoms with van der Waals surface area (Å²) in [6.45, 7) is 3.65. The van der Waals surface area contributed by atoms with Crippen LogP contribution in [0.3, 0.4) is 0 Å². The van der Waals surface area contributed by atoms with Crippen molar-refractivity contribution < 1.29 is 9.21 Å². The van der Waals surface area contributed by atoms with Crippen molar-refractivity contribution in [1.29, 1.82) is 0 Å². The van der Waals surface area contributed by atoms with Gasteiger partial charge in [0.1, 0.15) is 11.8 Å². The van der Waals surface area contributed by atoms with Crippen molar-refractivity contribution in [2.45, 2.75) is 19.9 Å². The molecule has 4 nitrogen and oxygen atoms in total. The molecule has 0 aromatic carbocycles. The Kier molecular flexibility index (Phi) is 4.24. The Bertz CT molecular complexity index is 560. The van der Waals surface area contributed by atoms with Gasteiger partial charge in [-0.15, -0.1) is 11.3 Å². The Morgan fingerprint density at radius 1 is 1.56 bits per heavy atom. The summed E-state index contributed by atoms with van der Waals surface area (Å²) in [5, 5.41) is 2.84. The van der Waals surface area contributed by atoms with Crippen molar-refractivity contribution in [2.75, 3.05) is 0 Å². The molecule has 18 heavy (non-hydrogen) atoms. The highest BCUT2D eigenvalue weighted by Gasteiger charge is 2.17. The highest BCUT2D eigenvalue weighted by molar-refractivity contribution is 9.13. The zero-order valence-corrected chi connectivity index (χ0v) is 13.6. The van der Waals surface area contributed by atoms with Gasteiger partial charge in [0.2, 0.25) is 5.89 Å². The van der Waals surface area contributed by atoms with Gasteiger partial charge in [-0.25, -0.2) is 4.98 Å². The summed E-state index contributed by atoms with van der Waals surface area (Å²) in [6, 6.07) is 1.52. The SMILES string of the molecule is Cc1cnc(C(C)NC(=O)c2cc(Br)c(Br)s2)o1. The Morgan fingerprint density at radius 3 is 2.78 bits per heavy atom. The minimum atomic E-state index is -0.258. The summed E-state index contributed by atoms with van der Waals surface area (Å²) in [7, 11) is 0. The summed E-state index contributed by atoms with van der Waals surface area (Å²) >= 11 is 8.08. The van der Waals surface area contributed by atoms with Crippen LogP contribution in [0, 0.1) is 6.92 Å². The van der Waals surface area contributed by atoms with Crippen molar-refractivity contribution in [2.24, 2.45) is 0 Å². The second-order valence-electron chi connectivity index (χ2n) is 3.74. The van der Waals surface area contributed by atoms with Crippen molar-refractivity contribution in [3.05, 3.63) is 37.1 Å². The molecule has 96 valence electrons. The quantitative estimate of drug-likeness (QED) is 0.855. The minimum Gasteiger partial charge on any atom is -0.444 e. The van der Waals surface area contributed by atoms with E-state index in [0.717, 1.165) is 14.0 Å². The maximum atomic E-state index is 12.0. The molecule has 2 aromatic rings. The molecule has 1 amide bonds. The molecule has 0 aliphatic heterocycles. The summed E-state index contributed by atoms with van der Waals surface area (Å²) in [4.78, 5) is 16.7.